The fourth-order valence-corrected chi connectivity index (χ4v) is 2.29. The number of hydrogen-bond acceptors (Lipinski definition) is 4. The number of hydrazine groups is 1. The van der Waals surface area contributed by atoms with Crippen molar-refractivity contribution in [3.05, 3.63) is 57.5 Å². The number of nitrogens with one attached hydrogen (secondary N) is 2. The van der Waals surface area contributed by atoms with Crippen molar-refractivity contribution in [1.29, 1.82) is 0 Å². The van der Waals surface area contributed by atoms with Crippen LogP contribution >= 0.6 is 11.3 Å². The smallest absolute Gasteiger partial charge is 0.279 e. The lowest BCUT2D eigenvalue weighted by molar-refractivity contribution is 0.0849. The van der Waals surface area contributed by atoms with E-state index < -0.39 is 17.6 Å². The van der Waals surface area contributed by atoms with Gasteiger partial charge in [0, 0.05) is 5.56 Å². The zero-order chi connectivity index (χ0) is 15.4. The fourth-order valence-electron chi connectivity index (χ4n) is 1.50. The van der Waals surface area contributed by atoms with Gasteiger partial charge in [-0.15, -0.1) is 11.3 Å². The van der Waals surface area contributed by atoms with E-state index in [0.29, 0.717) is 9.75 Å². The molecule has 7 heteroatoms. The first-order valence-corrected chi connectivity index (χ1v) is 6.76. The molecule has 2 rings (SSSR count). The number of hydrogen-bond donors (Lipinski definition) is 2. The first-order valence-electron chi connectivity index (χ1n) is 5.94. The predicted molar refractivity (Wildman–Crippen MR) is 75.7 cm³/mol. The molecule has 0 aliphatic heterocycles. The minimum Gasteiger partial charge on any atom is -0.294 e. The van der Waals surface area contributed by atoms with Crippen LogP contribution in [0.1, 0.15) is 36.6 Å². The highest BCUT2D eigenvalue weighted by atomic mass is 32.1. The quantitative estimate of drug-likeness (QED) is 0.674. The summed E-state index contributed by atoms with van der Waals surface area (Å²) in [5, 5.41) is 0. The van der Waals surface area contributed by atoms with E-state index in [0.717, 1.165) is 23.5 Å². The van der Waals surface area contributed by atoms with Crippen LogP contribution in [0.5, 0.6) is 0 Å². The van der Waals surface area contributed by atoms with Crippen LogP contribution < -0.4 is 10.9 Å². The van der Waals surface area contributed by atoms with E-state index in [1.54, 1.807) is 6.07 Å². The molecule has 0 radical (unpaired) electrons. The van der Waals surface area contributed by atoms with Gasteiger partial charge in [-0.3, -0.25) is 25.2 Å². The normalized spacial score (nSPS) is 10.0. The predicted octanol–water partition coefficient (Wildman–Crippen LogP) is 2.16. The number of benzene rings is 1. The van der Waals surface area contributed by atoms with Gasteiger partial charge in [-0.1, -0.05) is 0 Å². The van der Waals surface area contributed by atoms with Gasteiger partial charge in [0.15, 0.2) is 5.78 Å². The van der Waals surface area contributed by atoms with Gasteiger partial charge in [0.25, 0.3) is 11.8 Å². The zero-order valence-electron chi connectivity index (χ0n) is 11.0. The third kappa shape index (κ3) is 3.73. The molecular weight excluding hydrogens is 295 g/mol. The van der Waals surface area contributed by atoms with Crippen LogP contribution in [0, 0.1) is 5.82 Å². The van der Waals surface area contributed by atoms with Gasteiger partial charge < -0.3 is 0 Å². The van der Waals surface area contributed by atoms with E-state index in [2.05, 4.69) is 10.9 Å². The van der Waals surface area contributed by atoms with Gasteiger partial charge >= 0.3 is 0 Å². The topological polar surface area (TPSA) is 75.3 Å². The summed E-state index contributed by atoms with van der Waals surface area (Å²) in [5.74, 6) is -1.67. The maximum atomic E-state index is 12.7. The number of carbonyl (C=O) groups is 3. The number of halogens is 1. The van der Waals surface area contributed by atoms with Crippen LogP contribution in [0.3, 0.4) is 0 Å². The summed E-state index contributed by atoms with van der Waals surface area (Å²) in [4.78, 5) is 35.4. The summed E-state index contributed by atoms with van der Waals surface area (Å²) < 4.78 is 12.7. The SMILES string of the molecule is CC(=O)c1ccc(C(=O)NNC(=O)c2ccc(F)cc2)s1. The molecule has 0 spiro atoms. The molecule has 0 saturated carbocycles. The maximum absolute atomic E-state index is 12.7. The average Bonchev–Trinajstić information content (AvgIpc) is 2.95. The van der Waals surface area contributed by atoms with Crippen molar-refractivity contribution in [2.45, 2.75) is 6.92 Å². The highest BCUT2D eigenvalue weighted by Gasteiger charge is 2.12. The number of Topliss-reactive ketones (excluding diaryl/α,β-unsaturated/α-hetero) is 1. The second kappa shape index (κ2) is 6.27. The minimum atomic E-state index is -0.563. The molecule has 21 heavy (non-hydrogen) atoms. The minimum absolute atomic E-state index is 0.130. The Morgan fingerprint density at radius 2 is 1.48 bits per heavy atom. The molecule has 0 aliphatic rings. The lowest BCUT2D eigenvalue weighted by Crippen LogP contribution is -2.41. The average molecular weight is 306 g/mol. The Kier molecular flexibility index (Phi) is 4.44. The Bertz CT molecular complexity index is 694. The highest BCUT2D eigenvalue weighted by molar-refractivity contribution is 7.15. The molecule has 5 nitrogen and oxygen atoms in total. The number of thiophene rings is 1. The lowest BCUT2D eigenvalue weighted by Gasteiger charge is -2.06. The van der Waals surface area contributed by atoms with E-state index in [4.69, 9.17) is 0 Å². The van der Waals surface area contributed by atoms with Gasteiger partial charge in [-0.25, -0.2) is 4.39 Å². The van der Waals surface area contributed by atoms with Gasteiger partial charge in [-0.2, -0.15) is 0 Å². The third-order valence-corrected chi connectivity index (χ3v) is 3.76. The molecule has 2 amide bonds. The molecule has 1 heterocycles. The summed E-state index contributed by atoms with van der Waals surface area (Å²) in [6.07, 6.45) is 0. The number of amides is 2. The molecule has 0 saturated heterocycles. The van der Waals surface area contributed by atoms with E-state index in [9.17, 15) is 18.8 Å². The van der Waals surface area contributed by atoms with Crippen LogP contribution in [-0.4, -0.2) is 17.6 Å². The van der Waals surface area contributed by atoms with E-state index >= 15 is 0 Å². The van der Waals surface area contributed by atoms with Crippen LogP contribution in [0.25, 0.3) is 0 Å². The van der Waals surface area contributed by atoms with Crippen LogP contribution in [-0.2, 0) is 0 Å². The molecule has 2 aromatic rings. The molecule has 0 bridgehead atoms. The summed E-state index contributed by atoms with van der Waals surface area (Å²) >= 11 is 1.04. The van der Waals surface area contributed by atoms with Gasteiger partial charge in [0.2, 0.25) is 0 Å². The Hall–Kier alpha value is -2.54. The molecule has 1 aromatic heterocycles. The number of ketones is 1. The van der Waals surface area contributed by atoms with Crippen molar-refractivity contribution >= 4 is 28.9 Å². The number of rotatable bonds is 3. The van der Waals surface area contributed by atoms with Crippen molar-refractivity contribution < 1.29 is 18.8 Å². The summed E-state index contributed by atoms with van der Waals surface area (Å²) in [7, 11) is 0. The van der Waals surface area contributed by atoms with Crippen molar-refractivity contribution in [1.82, 2.24) is 10.9 Å². The van der Waals surface area contributed by atoms with Gasteiger partial charge in [-0.05, 0) is 43.3 Å². The zero-order valence-corrected chi connectivity index (χ0v) is 11.8. The van der Waals surface area contributed by atoms with Crippen LogP contribution in [0.15, 0.2) is 36.4 Å². The van der Waals surface area contributed by atoms with E-state index in [1.807, 2.05) is 0 Å². The lowest BCUT2D eigenvalue weighted by atomic mass is 10.2. The number of carbonyl (C=O) groups excluding carboxylic acids is 3. The first-order chi connectivity index (χ1) is 9.97. The Morgan fingerprint density at radius 3 is 2.05 bits per heavy atom. The van der Waals surface area contributed by atoms with Crippen molar-refractivity contribution in [2.75, 3.05) is 0 Å². The Morgan fingerprint density at radius 1 is 0.905 bits per heavy atom. The van der Waals surface area contributed by atoms with E-state index in [1.165, 1.54) is 25.1 Å². The maximum Gasteiger partial charge on any atom is 0.279 e. The molecule has 0 aliphatic carbocycles. The Labute approximate surface area is 123 Å². The second-order valence-corrected chi connectivity index (χ2v) is 5.22. The summed E-state index contributed by atoms with van der Waals surface area (Å²) in [6.45, 7) is 1.41. The van der Waals surface area contributed by atoms with Crippen molar-refractivity contribution in [2.24, 2.45) is 0 Å². The van der Waals surface area contributed by atoms with Crippen molar-refractivity contribution in [3.63, 3.8) is 0 Å². The molecule has 0 unspecified atom stereocenters. The monoisotopic (exact) mass is 306 g/mol. The van der Waals surface area contributed by atoms with Gasteiger partial charge in [0.1, 0.15) is 5.82 Å². The van der Waals surface area contributed by atoms with Crippen LogP contribution in [0.4, 0.5) is 4.39 Å². The second-order valence-electron chi connectivity index (χ2n) is 4.14. The molecule has 0 fully saturated rings. The molecule has 2 N–H and O–H groups in total. The van der Waals surface area contributed by atoms with Gasteiger partial charge in [0.05, 0.1) is 9.75 Å². The molecule has 1 aromatic carbocycles. The fraction of sp³-hybridized carbons (Fsp3) is 0.0714. The standard InChI is InChI=1S/C14H11FN2O3S/c1-8(18)11-6-7-12(21-11)14(20)17-16-13(19)9-2-4-10(15)5-3-9/h2-7H,1H3,(H,16,19)(H,17,20). The highest BCUT2D eigenvalue weighted by Crippen LogP contribution is 2.16. The third-order valence-electron chi connectivity index (χ3n) is 2.57. The molecule has 108 valence electrons. The summed E-state index contributed by atoms with van der Waals surface area (Å²) in [5.41, 5.74) is 4.66. The van der Waals surface area contributed by atoms with Crippen LogP contribution in [0.2, 0.25) is 0 Å². The first kappa shape index (κ1) is 14.9. The van der Waals surface area contributed by atoms with Crippen molar-refractivity contribution in [3.8, 4) is 0 Å². The van der Waals surface area contributed by atoms with E-state index in [-0.39, 0.29) is 11.3 Å². The summed E-state index contributed by atoms with van der Waals surface area (Å²) in [6, 6.07) is 7.94. The largest absolute Gasteiger partial charge is 0.294 e. The Balaban J connectivity index is 1.95. The molecular formula is C14H11FN2O3S. The molecule has 0 atom stereocenters.